The van der Waals surface area contributed by atoms with Crippen LogP contribution in [0.4, 0.5) is 5.82 Å². The Kier molecular flexibility index (Phi) is 2.93. The Labute approximate surface area is 138 Å². The highest BCUT2D eigenvalue weighted by Gasteiger charge is 2.45. The van der Waals surface area contributed by atoms with E-state index in [2.05, 4.69) is 44.5 Å². The van der Waals surface area contributed by atoms with E-state index in [4.69, 9.17) is 0 Å². The summed E-state index contributed by atoms with van der Waals surface area (Å²) in [5, 5.41) is 13.4. The third kappa shape index (κ3) is 2.00. The van der Waals surface area contributed by atoms with Crippen LogP contribution in [0.1, 0.15) is 12.8 Å². The van der Waals surface area contributed by atoms with Gasteiger partial charge in [0.25, 0.3) is 0 Å². The maximum absolute atomic E-state index is 10.0. The first-order valence-electron chi connectivity index (χ1n) is 8.03. The van der Waals surface area contributed by atoms with Gasteiger partial charge in [-0.3, -0.25) is 0 Å². The van der Waals surface area contributed by atoms with Crippen molar-refractivity contribution in [2.24, 2.45) is 5.92 Å². The molecule has 0 amide bonds. The number of fused-ring (bicyclic) bond motifs is 3. The van der Waals surface area contributed by atoms with Crippen LogP contribution in [0.25, 0.3) is 21.3 Å². The number of hydrogen-bond acceptors (Lipinski definition) is 5. The van der Waals surface area contributed by atoms with Crippen LogP contribution in [0.2, 0.25) is 0 Å². The molecule has 4 nitrogen and oxygen atoms in total. The predicted molar refractivity (Wildman–Crippen MR) is 92.7 cm³/mol. The number of aromatic nitrogens is 2. The topological polar surface area (TPSA) is 49.2 Å². The van der Waals surface area contributed by atoms with Gasteiger partial charge in [0.2, 0.25) is 0 Å². The van der Waals surface area contributed by atoms with Crippen molar-refractivity contribution in [3.63, 3.8) is 0 Å². The van der Waals surface area contributed by atoms with Crippen molar-refractivity contribution >= 4 is 27.4 Å². The molecule has 3 aromatic rings. The molecule has 1 saturated carbocycles. The zero-order valence-corrected chi connectivity index (χ0v) is 13.4. The van der Waals surface area contributed by atoms with E-state index in [1.165, 1.54) is 11.1 Å². The molecule has 1 aromatic carbocycles. The van der Waals surface area contributed by atoms with Gasteiger partial charge in [-0.05, 0) is 18.4 Å². The van der Waals surface area contributed by atoms with Crippen LogP contribution in [0.3, 0.4) is 0 Å². The van der Waals surface area contributed by atoms with E-state index in [0.29, 0.717) is 12.0 Å². The first-order chi connectivity index (χ1) is 11.3. The second-order valence-corrected chi connectivity index (χ2v) is 7.36. The summed E-state index contributed by atoms with van der Waals surface area (Å²) in [6.45, 7) is 0.905. The minimum Gasteiger partial charge on any atom is -0.393 e. The number of nitrogens with zero attached hydrogens (tertiary/aromatic N) is 3. The first-order valence-corrected chi connectivity index (χ1v) is 8.91. The highest BCUT2D eigenvalue weighted by atomic mass is 32.1. The fraction of sp³-hybridized carbons (Fsp3) is 0.333. The highest BCUT2D eigenvalue weighted by molar-refractivity contribution is 7.17. The van der Waals surface area contributed by atoms with Crippen LogP contribution in [0, 0.1) is 5.92 Å². The van der Waals surface area contributed by atoms with Gasteiger partial charge in [0.15, 0.2) is 0 Å². The quantitative estimate of drug-likeness (QED) is 0.786. The number of rotatable bonds is 2. The molecular formula is C18H17N3OS. The van der Waals surface area contributed by atoms with Crippen molar-refractivity contribution in [1.29, 1.82) is 0 Å². The molecule has 116 valence electrons. The molecule has 0 radical (unpaired) electrons. The number of aliphatic hydroxyl groups excluding tert-OH is 1. The molecule has 23 heavy (non-hydrogen) atoms. The fourth-order valence-corrected chi connectivity index (χ4v) is 5.00. The molecule has 1 N–H and O–H groups in total. The molecule has 3 atom stereocenters. The van der Waals surface area contributed by atoms with E-state index in [1.807, 2.05) is 6.07 Å². The summed E-state index contributed by atoms with van der Waals surface area (Å²) < 4.78 is 0. The van der Waals surface area contributed by atoms with E-state index >= 15 is 0 Å². The normalized spacial score (nSPS) is 26.3. The molecule has 3 unspecified atom stereocenters. The van der Waals surface area contributed by atoms with Crippen molar-refractivity contribution in [1.82, 2.24) is 9.97 Å². The first kappa shape index (κ1) is 13.5. The summed E-state index contributed by atoms with van der Waals surface area (Å²) in [6, 6.07) is 10.9. The lowest BCUT2D eigenvalue weighted by atomic mass is 10.0. The molecule has 0 spiro atoms. The lowest BCUT2D eigenvalue weighted by Crippen LogP contribution is -2.38. The van der Waals surface area contributed by atoms with Crippen molar-refractivity contribution in [3.8, 4) is 11.1 Å². The largest absolute Gasteiger partial charge is 0.393 e. The molecule has 2 bridgehead atoms. The SMILES string of the molecule is OC1CC2CC1CN2c1ncnc2scc(-c3ccccc3)c12. The minimum absolute atomic E-state index is 0.135. The standard InChI is InChI=1S/C18H17N3OS/c22-15-7-13-6-12(15)8-21(13)17-16-14(11-4-2-1-3-5-11)9-23-18(16)20-10-19-17/h1-5,9-10,12-13,15,22H,6-8H2. The minimum atomic E-state index is -0.135. The predicted octanol–water partition coefficient (Wildman–Crippen LogP) is 3.32. The Hall–Kier alpha value is -1.98. The lowest BCUT2D eigenvalue weighted by Gasteiger charge is -2.30. The van der Waals surface area contributed by atoms with Crippen LogP contribution in [-0.2, 0) is 0 Å². The summed E-state index contributed by atoms with van der Waals surface area (Å²) in [5.41, 5.74) is 2.42. The van der Waals surface area contributed by atoms with Gasteiger partial charge in [-0.25, -0.2) is 9.97 Å². The average molecular weight is 323 g/mol. The molecule has 1 saturated heterocycles. The van der Waals surface area contributed by atoms with Gasteiger partial charge in [-0.15, -0.1) is 11.3 Å². The Bertz CT molecular complexity index is 861. The third-order valence-electron chi connectivity index (χ3n) is 5.21. The van der Waals surface area contributed by atoms with Crippen molar-refractivity contribution in [2.45, 2.75) is 25.0 Å². The average Bonchev–Trinajstić information content (AvgIpc) is 3.28. The third-order valence-corrected chi connectivity index (χ3v) is 6.10. The summed E-state index contributed by atoms with van der Waals surface area (Å²) in [7, 11) is 0. The maximum atomic E-state index is 10.0. The van der Waals surface area contributed by atoms with Crippen LogP contribution < -0.4 is 4.90 Å². The van der Waals surface area contributed by atoms with Crippen molar-refractivity contribution < 1.29 is 5.11 Å². The monoisotopic (exact) mass is 323 g/mol. The number of thiophene rings is 1. The Morgan fingerprint density at radius 2 is 2.00 bits per heavy atom. The Balaban J connectivity index is 1.66. The van der Waals surface area contributed by atoms with E-state index in [1.54, 1.807) is 17.7 Å². The molecule has 1 aliphatic heterocycles. The Morgan fingerprint density at radius 1 is 1.13 bits per heavy atom. The summed E-state index contributed by atoms with van der Waals surface area (Å²) in [6.07, 6.45) is 3.48. The lowest BCUT2D eigenvalue weighted by molar-refractivity contribution is 0.127. The van der Waals surface area contributed by atoms with E-state index in [-0.39, 0.29) is 6.10 Å². The summed E-state index contributed by atoms with van der Waals surface area (Å²) in [4.78, 5) is 12.5. The van der Waals surface area contributed by atoms with E-state index in [0.717, 1.165) is 35.4 Å². The number of anilines is 1. The van der Waals surface area contributed by atoms with Gasteiger partial charge in [-0.2, -0.15) is 0 Å². The van der Waals surface area contributed by atoms with Crippen molar-refractivity contribution in [2.75, 3.05) is 11.4 Å². The molecule has 5 rings (SSSR count). The van der Waals surface area contributed by atoms with Gasteiger partial charge in [0.1, 0.15) is 17.0 Å². The number of aliphatic hydroxyl groups is 1. The summed E-state index contributed by atoms with van der Waals surface area (Å²) in [5.74, 6) is 1.43. The van der Waals surface area contributed by atoms with Gasteiger partial charge in [0, 0.05) is 29.4 Å². The maximum Gasteiger partial charge on any atom is 0.141 e. The number of piperidine rings is 1. The Morgan fingerprint density at radius 3 is 2.74 bits per heavy atom. The molecule has 2 aliphatic rings. The van der Waals surface area contributed by atoms with Gasteiger partial charge < -0.3 is 10.0 Å². The molecule has 2 fully saturated rings. The second-order valence-electron chi connectivity index (χ2n) is 6.50. The van der Waals surface area contributed by atoms with Gasteiger partial charge >= 0.3 is 0 Å². The number of benzene rings is 1. The zero-order valence-electron chi connectivity index (χ0n) is 12.6. The molecular weight excluding hydrogens is 306 g/mol. The van der Waals surface area contributed by atoms with Crippen LogP contribution in [0.15, 0.2) is 42.0 Å². The van der Waals surface area contributed by atoms with Crippen molar-refractivity contribution in [3.05, 3.63) is 42.0 Å². The van der Waals surface area contributed by atoms with Gasteiger partial charge in [0.05, 0.1) is 11.5 Å². The van der Waals surface area contributed by atoms with E-state index < -0.39 is 0 Å². The second kappa shape index (κ2) is 5.01. The summed E-state index contributed by atoms with van der Waals surface area (Å²) >= 11 is 1.68. The fourth-order valence-electron chi connectivity index (χ4n) is 4.09. The molecule has 1 aliphatic carbocycles. The van der Waals surface area contributed by atoms with Crippen LogP contribution in [-0.4, -0.2) is 33.8 Å². The van der Waals surface area contributed by atoms with Gasteiger partial charge in [-0.1, -0.05) is 30.3 Å². The zero-order chi connectivity index (χ0) is 15.4. The molecule has 3 heterocycles. The van der Waals surface area contributed by atoms with E-state index in [9.17, 15) is 5.11 Å². The van der Waals surface area contributed by atoms with Crippen LogP contribution in [0.5, 0.6) is 0 Å². The molecule has 5 heteroatoms. The molecule has 2 aromatic heterocycles. The van der Waals surface area contributed by atoms with Crippen LogP contribution >= 0.6 is 11.3 Å². The number of hydrogen-bond donors (Lipinski definition) is 1. The smallest absolute Gasteiger partial charge is 0.141 e. The highest BCUT2D eigenvalue weighted by Crippen LogP contribution is 2.44.